The zero-order valence-electron chi connectivity index (χ0n) is 13.7. The van der Waals surface area contributed by atoms with E-state index >= 15 is 0 Å². The predicted octanol–water partition coefficient (Wildman–Crippen LogP) is 3.35. The van der Waals surface area contributed by atoms with Crippen molar-refractivity contribution in [1.29, 1.82) is 0 Å². The van der Waals surface area contributed by atoms with Crippen molar-refractivity contribution in [2.75, 3.05) is 30.0 Å². The minimum absolute atomic E-state index is 0.104. The van der Waals surface area contributed by atoms with E-state index in [-0.39, 0.29) is 18.7 Å². The van der Waals surface area contributed by atoms with Crippen molar-refractivity contribution in [2.45, 2.75) is 19.4 Å². The second kappa shape index (κ2) is 7.36. The van der Waals surface area contributed by atoms with Crippen LogP contribution in [0.1, 0.15) is 24.1 Å². The largest absolute Gasteiger partial charge is 0.447 e. The molecule has 2 aromatic rings. The van der Waals surface area contributed by atoms with E-state index in [4.69, 9.17) is 9.84 Å². The van der Waals surface area contributed by atoms with Gasteiger partial charge in [-0.15, -0.1) is 0 Å². The Morgan fingerprint density at radius 1 is 1.25 bits per heavy atom. The van der Waals surface area contributed by atoms with Crippen LogP contribution < -0.4 is 10.2 Å². The molecule has 0 bridgehead atoms. The van der Waals surface area contributed by atoms with Gasteiger partial charge in [-0.1, -0.05) is 24.3 Å². The third-order valence-electron chi connectivity index (χ3n) is 4.18. The van der Waals surface area contributed by atoms with Crippen LogP contribution in [-0.2, 0) is 11.2 Å². The molecule has 1 aliphatic rings. The Balaban J connectivity index is 1.70. The topological polar surface area (TPSA) is 61.8 Å². The van der Waals surface area contributed by atoms with E-state index in [2.05, 4.69) is 12.2 Å². The van der Waals surface area contributed by atoms with Crippen molar-refractivity contribution < 1.29 is 14.6 Å². The Hall–Kier alpha value is -2.53. The summed E-state index contributed by atoms with van der Waals surface area (Å²) in [6.45, 7) is 3.28. The average Bonchev–Trinajstić information content (AvgIpc) is 3.03. The van der Waals surface area contributed by atoms with Crippen molar-refractivity contribution in [2.24, 2.45) is 0 Å². The maximum Gasteiger partial charge on any atom is 0.414 e. The Kier molecular flexibility index (Phi) is 5.01. The number of amides is 1. The Morgan fingerprint density at radius 2 is 2.04 bits per heavy atom. The molecule has 1 atom stereocenters. The first-order valence-electron chi connectivity index (χ1n) is 8.18. The molecule has 0 spiro atoms. The van der Waals surface area contributed by atoms with Crippen LogP contribution in [0.2, 0.25) is 0 Å². The van der Waals surface area contributed by atoms with Gasteiger partial charge in [0.2, 0.25) is 0 Å². The van der Waals surface area contributed by atoms with Crippen LogP contribution in [0.3, 0.4) is 0 Å². The molecule has 126 valence electrons. The zero-order valence-corrected chi connectivity index (χ0v) is 13.7. The smallest absolute Gasteiger partial charge is 0.414 e. The van der Waals surface area contributed by atoms with Crippen LogP contribution in [-0.4, -0.2) is 31.0 Å². The van der Waals surface area contributed by atoms with E-state index in [1.165, 1.54) is 0 Å². The summed E-state index contributed by atoms with van der Waals surface area (Å²) in [5.74, 6) is 0. The maximum absolute atomic E-state index is 11.7. The molecule has 1 fully saturated rings. The van der Waals surface area contributed by atoms with Gasteiger partial charge in [0.05, 0.1) is 6.54 Å². The maximum atomic E-state index is 11.7. The Morgan fingerprint density at radius 3 is 2.71 bits per heavy atom. The molecule has 1 amide bonds. The number of rotatable bonds is 6. The van der Waals surface area contributed by atoms with E-state index in [0.29, 0.717) is 19.6 Å². The highest BCUT2D eigenvalue weighted by molar-refractivity contribution is 5.89. The van der Waals surface area contributed by atoms with Gasteiger partial charge in [0.25, 0.3) is 0 Å². The van der Waals surface area contributed by atoms with Crippen LogP contribution in [0.15, 0.2) is 48.5 Å². The number of carbonyl (C=O) groups excluding carboxylic acids is 1. The van der Waals surface area contributed by atoms with Gasteiger partial charge in [-0.05, 0) is 48.7 Å². The first-order chi connectivity index (χ1) is 11.7. The number of aliphatic hydroxyl groups excluding tert-OH is 1. The Labute approximate surface area is 141 Å². The third kappa shape index (κ3) is 3.68. The normalized spacial score (nSPS) is 15.2. The number of hydrogen-bond acceptors (Lipinski definition) is 4. The van der Waals surface area contributed by atoms with Gasteiger partial charge in [-0.2, -0.15) is 0 Å². The molecule has 0 radical (unpaired) electrons. The third-order valence-corrected chi connectivity index (χ3v) is 4.18. The number of carbonyl (C=O) groups is 1. The summed E-state index contributed by atoms with van der Waals surface area (Å²) >= 11 is 0. The van der Waals surface area contributed by atoms with Crippen LogP contribution in [0.25, 0.3) is 0 Å². The predicted molar refractivity (Wildman–Crippen MR) is 94.4 cm³/mol. The van der Waals surface area contributed by atoms with Crippen LogP contribution in [0.5, 0.6) is 0 Å². The molecule has 0 aromatic heterocycles. The van der Waals surface area contributed by atoms with E-state index in [1.54, 1.807) is 4.90 Å². The van der Waals surface area contributed by atoms with E-state index < -0.39 is 0 Å². The van der Waals surface area contributed by atoms with E-state index in [0.717, 1.165) is 22.5 Å². The molecular weight excluding hydrogens is 304 g/mol. The lowest BCUT2D eigenvalue weighted by Gasteiger charge is -2.19. The van der Waals surface area contributed by atoms with Crippen molar-refractivity contribution in [3.05, 3.63) is 59.7 Å². The quantitative estimate of drug-likeness (QED) is 0.854. The van der Waals surface area contributed by atoms with Crippen LogP contribution in [0.4, 0.5) is 16.2 Å². The van der Waals surface area contributed by atoms with Crippen molar-refractivity contribution in [1.82, 2.24) is 0 Å². The Bertz CT molecular complexity index is 700. The summed E-state index contributed by atoms with van der Waals surface area (Å²) < 4.78 is 5.00. The zero-order chi connectivity index (χ0) is 16.9. The molecule has 1 heterocycles. The molecule has 1 aliphatic heterocycles. The average molecular weight is 326 g/mol. The number of aliphatic hydroxyl groups is 1. The number of benzene rings is 2. The number of anilines is 2. The van der Waals surface area contributed by atoms with Crippen molar-refractivity contribution in [3.8, 4) is 0 Å². The lowest BCUT2D eigenvalue weighted by Crippen LogP contribution is -2.23. The molecule has 5 nitrogen and oxygen atoms in total. The van der Waals surface area contributed by atoms with Gasteiger partial charge in [-0.3, -0.25) is 4.90 Å². The first kappa shape index (κ1) is 16.3. The highest BCUT2D eigenvalue weighted by Gasteiger charge is 2.23. The van der Waals surface area contributed by atoms with Gasteiger partial charge >= 0.3 is 6.09 Å². The lowest BCUT2D eigenvalue weighted by molar-refractivity contribution is 0.181. The highest BCUT2D eigenvalue weighted by Crippen LogP contribution is 2.25. The highest BCUT2D eigenvalue weighted by atomic mass is 16.6. The lowest BCUT2D eigenvalue weighted by atomic mass is 10.1. The molecule has 2 N–H and O–H groups in total. The molecule has 0 saturated carbocycles. The molecule has 24 heavy (non-hydrogen) atoms. The van der Waals surface area contributed by atoms with Crippen molar-refractivity contribution in [3.63, 3.8) is 0 Å². The fourth-order valence-electron chi connectivity index (χ4n) is 2.82. The fourth-order valence-corrected chi connectivity index (χ4v) is 2.82. The summed E-state index contributed by atoms with van der Waals surface area (Å²) in [5.41, 5.74) is 4.11. The SMILES string of the molecule is CC(Nc1ccc(CCO)cc1)c1cccc(N2CCOC2=O)c1. The summed E-state index contributed by atoms with van der Waals surface area (Å²) in [6, 6.07) is 16.1. The molecule has 3 rings (SSSR count). The van der Waals surface area contributed by atoms with Crippen LogP contribution >= 0.6 is 0 Å². The van der Waals surface area contributed by atoms with Gasteiger partial charge in [0, 0.05) is 24.0 Å². The van der Waals surface area contributed by atoms with E-state index in [1.807, 2.05) is 48.5 Å². The molecular formula is C19H22N2O3. The van der Waals surface area contributed by atoms with Gasteiger partial charge in [0.15, 0.2) is 0 Å². The first-order valence-corrected chi connectivity index (χ1v) is 8.18. The number of ether oxygens (including phenoxy) is 1. The van der Waals surface area contributed by atoms with Gasteiger partial charge < -0.3 is 15.2 Å². The molecule has 0 aliphatic carbocycles. The summed E-state index contributed by atoms with van der Waals surface area (Å²) in [4.78, 5) is 13.4. The molecule has 2 aromatic carbocycles. The number of nitrogens with one attached hydrogen (secondary N) is 1. The van der Waals surface area contributed by atoms with Crippen molar-refractivity contribution >= 4 is 17.5 Å². The van der Waals surface area contributed by atoms with Gasteiger partial charge in [-0.25, -0.2) is 4.79 Å². The van der Waals surface area contributed by atoms with Crippen LogP contribution in [0, 0.1) is 0 Å². The molecule has 5 heteroatoms. The summed E-state index contributed by atoms with van der Waals surface area (Å²) in [5, 5.41) is 12.4. The summed E-state index contributed by atoms with van der Waals surface area (Å²) in [7, 11) is 0. The van der Waals surface area contributed by atoms with Gasteiger partial charge in [0.1, 0.15) is 6.61 Å². The standard InChI is InChI=1S/C19H22N2O3/c1-14(20-17-7-5-15(6-8-17)9-11-22)16-3-2-4-18(13-16)21-10-12-24-19(21)23/h2-8,13-14,20,22H,9-12H2,1H3. The number of nitrogens with zero attached hydrogens (tertiary/aromatic N) is 1. The second-order valence-corrected chi connectivity index (χ2v) is 5.90. The second-order valence-electron chi connectivity index (χ2n) is 5.90. The number of cyclic esters (lactones) is 1. The molecule has 1 unspecified atom stereocenters. The molecule has 1 saturated heterocycles. The summed E-state index contributed by atoms with van der Waals surface area (Å²) in [6.07, 6.45) is 0.385. The minimum Gasteiger partial charge on any atom is -0.447 e. The fraction of sp³-hybridized carbons (Fsp3) is 0.316. The monoisotopic (exact) mass is 326 g/mol. The number of hydrogen-bond donors (Lipinski definition) is 2. The minimum atomic E-state index is -0.285. The van der Waals surface area contributed by atoms with E-state index in [9.17, 15) is 4.79 Å².